The summed E-state index contributed by atoms with van der Waals surface area (Å²) in [6, 6.07) is 9.71. The summed E-state index contributed by atoms with van der Waals surface area (Å²) in [4.78, 5) is 23.3. The quantitative estimate of drug-likeness (QED) is 0.476. The average molecular weight is 298 g/mol. The van der Waals surface area contributed by atoms with Gasteiger partial charge in [0.15, 0.2) is 6.61 Å². The third kappa shape index (κ3) is 4.41. The second-order valence-electron chi connectivity index (χ2n) is 4.67. The van der Waals surface area contributed by atoms with Crippen LogP contribution in [0, 0.1) is 0 Å². The molecule has 1 aromatic carbocycles. The smallest absolute Gasteiger partial charge is 0.331 e. The predicted molar refractivity (Wildman–Crippen MR) is 84.2 cm³/mol. The van der Waals surface area contributed by atoms with E-state index < -0.39 is 5.97 Å². The maximum Gasteiger partial charge on any atom is 0.331 e. The summed E-state index contributed by atoms with van der Waals surface area (Å²) in [5, 5.41) is 5.64. The second kappa shape index (κ2) is 7.93. The maximum atomic E-state index is 12.0. The van der Waals surface area contributed by atoms with Gasteiger partial charge in [-0.1, -0.05) is 48.6 Å². The molecule has 1 aliphatic rings. The van der Waals surface area contributed by atoms with E-state index in [4.69, 9.17) is 4.74 Å². The van der Waals surface area contributed by atoms with E-state index in [9.17, 15) is 9.59 Å². The standard InChI is InChI=1S/C17H18N2O3/c1-2-3-5-10-17(21)22-13-16(20)19-12-11-15(18-19)14-8-6-4-7-9-14/h2-10H,11-13H2,1H3/b3-2+,10-5+. The fourth-order valence-corrected chi connectivity index (χ4v) is 1.97. The van der Waals surface area contributed by atoms with E-state index in [2.05, 4.69) is 5.10 Å². The Morgan fingerprint density at radius 3 is 2.77 bits per heavy atom. The number of hydrogen-bond acceptors (Lipinski definition) is 4. The highest BCUT2D eigenvalue weighted by molar-refractivity contribution is 6.02. The van der Waals surface area contributed by atoms with Crippen LogP contribution in [0.3, 0.4) is 0 Å². The van der Waals surface area contributed by atoms with Crippen LogP contribution >= 0.6 is 0 Å². The summed E-state index contributed by atoms with van der Waals surface area (Å²) >= 11 is 0. The predicted octanol–water partition coefficient (Wildman–Crippen LogP) is 2.30. The Bertz CT molecular complexity index is 618. The zero-order valence-corrected chi connectivity index (χ0v) is 12.4. The van der Waals surface area contributed by atoms with Crippen molar-refractivity contribution in [3.8, 4) is 0 Å². The van der Waals surface area contributed by atoms with E-state index in [1.54, 1.807) is 18.2 Å². The molecule has 0 bridgehead atoms. The lowest BCUT2D eigenvalue weighted by Gasteiger charge is -2.10. The number of amides is 1. The van der Waals surface area contributed by atoms with Crippen LogP contribution in [0.25, 0.3) is 0 Å². The zero-order chi connectivity index (χ0) is 15.8. The molecule has 5 heteroatoms. The maximum absolute atomic E-state index is 12.0. The molecule has 0 aromatic heterocycles. The van der Waals surface area contributed by atoms with E-state index in [-0.39, 0.29) is 12.5 Å². The molecule has 0 aliphatic carbocycles. The first kappa shape index (κ1) is 15.7. The molecule has 5 nitrogen and oxygen atoms in total. The SMILES string of the molecule is C/C=C/C=C/C(=O)OCC(=O)N1CCC(c2ccccc2)=N1. The van der Waals surface area contributed by atoms with Crippen LogP contribution < -0.4 is 0 Å². The number of ether oxygens (including phenoxy) is 1. The largest absolute Gasteiger partial charge is 0.452 e. The van der Waals surface area contributed by atoms with Crippen molar-refractivity contribution in [1.29, 1.82) is 0 Å². The minimum absolute atomic E-state index is 0.301. The molecule has 0 fully saturated rings. The van der Waals surface area contributed by atoms with Gasteiger partial charge >= 0.3 is 5.97 Å². The number of hydrogen-bond donors (Lipinski definition) is 0. The number of esters is 1. The van der Waals surface area contributed by atoms with Gasteiger partial charge in [0.2, 0.25) is 0 Å². The number of allylic oxidation sites excluding steroid dienone is 3. The molecule has 0 atom stereocenters. The van der Waals surface area contributed by atoms with E-state index in [1.165, 1.54) is 11.1 Å². The Morgan fingerprint density at radius 2 is 2.05 bits per heavy atom. The van der Waals surface area contributed by atoms with Crippen LogP contribution in [-0.4, -0.2) is 35.7 Å². The minimum Gasteiger partial charge on any atom is -0.452 e. The molecule has 1 aliphatic heterocycles. The topological polar surface area (TPSA) is 59.0 Å². The highest BCUT2D eigenvalue weighted by Gasteiger charge is 2.22. The lowest BCUT2D eigenvalue weighted by molar-refractivity contribution is -0.147. The molecule has 2 rings (SSSR count). The average Bonchev–Trinajstić information content (AvgIpc) is 3.04. The fraction of sp³-hybridized carbons (Fsp3) is 0.235. The molecule has 0 saturated carbocycles. The van der Waals surface area contributed by atoms with Gasteiger partial charge in [-0.3, -0.25) is 4.79 Å². The highest BCUT2D eigenvalue weighted by Crippen LogP contribution is 2.13. The van der Waals surface area contributed by atoms with Crippen LogP contribution in [0.4, 0.5) is 0 Å². The fourth-order valence-electron chi connectivity index (χ4n) is 1.97. The lowest BCUT2D eigenvalue weighted by atomic mass is 10.1. The molecule has 0 radical (unpaired) electrons. The van der Waals surface area contributed by atoms with Crippen LogP contribution in [0.2, 0.25) is 0 Å². The normalized spacial score (nSPS) is 14.6. The molecule has 0 unspecified atom stereocenters. The summed E-state index contributed by atoms with van der Waals surface area (Å²) in [6.45, 7) is 2.05. The van der Waals surface area contributed by atoms with Crippen LogP contribution in [0.1, 0.15) is 18.9 Å². The molecule has 1 amide bonds. The van der Waals surface area contributed by atoms with Gasteiger partial charge in [0, 0.05) is 12.5 Å². The Morgan fingerprint density at radius 1 is 1.27 bits per heavy atom. The molecule has 114 valence electrons. The van der Waals surface area contributed by atoms with Gasteiger partial charge in [0.1, 0.15) is 0 Å². The number of nitrogens with zero attached hydrogens (tertiary/aromatic N) is 2. The zero-order valence-electron chi connectivity index (χ0n) is 12.4. The number of rotatable bonds is 5. The first-order valence-electron chi connectivity index (χ1n) is 7.10. The Balaban J connectivity index is 1.86. The Hall–Kier alpha value is -2.69. The first-order valence-corrected chi connectivity index (χ1v) is 7.10. The Kier molecular flexibility index (Phi) is 5.65. The lowest BCUT2D eigenvalue weighted by Crippen LogP contribution is -2.28. The van der Waals surface area contributed by atoms with Crippen molar-refractivity contribution in [3.05, 3.63) is 60.2 Å². The molecule has 22 heavy (non-hydrogen) atoms. The summed E-state index contributed by atoms with van der Waals surface area (Å²) in [6.07, 6.45) is 7.04. The van der Waals surface area contributed by atoms with Gasteiger partial charge in [-0.05, 0) is 12.5 Å². The summed E-state index contributed by atoms with van der Waals surface area (Å²) in [5.74, 6) is -0.864. The van der Waals surface area contributed by atoms with Gasteiger partial charge in [-0.2, -0.15) is 5.10 Å². The van der Waals surface area contributed by atoms with Crippen molar-refractivity contribution in [2.75, 3.05) is 13.2 Å². The van der Waals surface area contributed by atoms with Crippen LogP contribution in [-0.2, 0) is 14.3 Å². The van der Waals surface area contributed by atoms with Crippen LogP contribution in [0.5, 0.6) is 0 Å². The molecule has 1 heterocycles. The van der Waals surface area contributed by atoms with E-state index in [1.807, 2.05) is 37.3 Å². The summed E-state index contributed by atoms with van der Waals surface area (Å²) in [7, 11) is 0. The van der Waals surface area contributed by atoms with Gasteiger partial charge < -0.3 is 4.74 Å². The van der Waals surface area contributed by atoms with Crippen molar-refractivity contribution in [3.63, 3.8) is 0 Å². The number of carbonyl (C=O) groups is 2. The number of hydrazone groups is 1. The second-order valence-corrected chi connectivity index (χ2v) is 4.67. The number of benzene rings is 1. The monoisotopic (exact) mass is 298 g/mol. The highest BCUT2D eigenvalue weighted by atomic mass is 16.5. The van der Waals surface area contributed by atoms with Gasteiger partial charge in [-0.25, -0.2) is 9.80 Å². The van der Waals surface area contributed by atoms with Crippen molar-refractivity contribution >= 4 is 17.6 Å². The molecule has 0 spiro atoms. The molecular weight excluding hydrogens is 280 g/mol. The minimum atomic E-state index is -0.544. The van der Waals surface area contributed by atoms with E-state index in [0.29, 0.717) is 13.0 Å². The van der Waals surface area contributed by atoms with Crippen LogP contribution in [0.15, 0.2) is 59.7 Å². The molecule has 0 saturated heterocycles. The van der Waals surface area contributed by atoms with E-state index in [0.717, 1.165) is 11.3 Å². The first-order chi connectivity index (χ1) is 10.7. The van der Waals surface area contributed by atoms with Crippen molar-refractivity contribution < 1.29 is 14.3 Å². The van der Waals surface area contributed by atoms with Gasteiger partial charge in [0.25, 0.3) is 5.91 Å². The number of carbonyl (C=O) groups excluding carboxylic acids is 2. The van der Waals surface area contributed by atoms with Crippen molar-refractivity contribution in [1.82, 2.24) is 5.01 Å². The summed E-state index contributed by atoms with van der Waals surface area (Å²) < 4.78 is 4.88. The Labute approximate surface area is 129 Å². The molecular formula is C17H18N2O3. The van der Waals surface area contributed by atoms with Gasteiger partial charge in [-0.15, -0.1) is 0 Å². The van der Waals surface area contributed by atoms with E-state index >= 15 is 0 Å². The third-order valence-electron chi connectivity index (χ3n) is 3.07. The third-order valence-corrected chi connectivity index (χ3v) is 3.07. The van der Waals surface area contributed by atoms with Crippen molar-refractivity contribution in [2.24, 2.45) is 5.10 Å². The van der Waals surface area contributed by atoms with Gasteiger partial charge in [0.05, 0.1) is 12.3 Å². The molecule has 0 N–H and O–H groups in total. The molecule has 1 aromatic rings. The van der Waals surface area contributed by atoms with Crippen molar-refractivity contribution in [2.45, 2.75) is 13.3 Å². The summed E-state index contributed by atoms with van der Waals surface area (Å²) in [5.41, 5.74) is 1.87.